The van der Waals surface area contributed by atoms with Crippen LogP contribution >= 0.6 is 0 Å². The fourth-order valence-corrected chi connectivity index (χ4v) is 2.06. The highest BCUT2D eigenvalue weighted by Gasteiger charge is 2.06. The van der Waals surface area contributed by atoms with Gasteiger partial charge in [-0.25, -0.2) is 0 Å². The van der Waals surface area contributed by atoms with Gasteiger partial charge in [0.05, 0.1) is 11.0 Å². The molecule has 2 N–H and O–H groups in total. The monoisotopic (exact) mass is 302 g/mol. The lowest BCUT2D eigenvalue weighted by Crippen LogP contribution is -1.97. The van der Waals surface area contributed by atoms with Gasteiger partial charge < -0.3 is 5.11 Å². The molecule has 1 unspecified atom stereocenters. The summed E-state index contributed by atoms with van der Waals surface area (Å²) < 4.78 is 29.6. The van der Waals surface area contributed by atoms with Gasteiger partial charge in [0.15, 0.2) is 0 Å². The Hall–Kier alpha value is -0.910. The van der Waals surface area contributed by atoms with Crippen LogP contribution in [0.25, 0.3) is 0 Å². The Labute approximate surface area is 122 Å². The van der Waals surface area contributed by atoms with Gasteiger partial charge in [0.2, 0.25) is 0 Å². The van der Waals surface area contributed by atoms with Crippen LogP contribution in [-0.2, 0) is 10.1 Å². The maximum atomic E-state index is 10.5. The molecule has 4 nitrogen and oxygen atoms in total. The van der Waals surface area contributed by atoms with Crippen molar-refractivity contribution in [3.63, 3.8) is 0 Å². The molecule has 0 fully saturated rings. The normalized spacial score (nSPS) is 12.4. The van der Waals surface area contributed by atoms with Crippen molar-refractivity contribution in [2.75, 3.05) is 0 Å². The minimum Gasteiger partial charge on any atom is -0.393 e. The van der Waals surface area contributed by atoms with Crippen LogP contribution in [0, 0.1) is 6.92 Å². The van der Waals surface area contributed by atoms with Gasteiger partial charge in [-0.1, -0.05) is 50.3 Å². The largest absolute Gasteiger partial charge is 0.393 e. The molecule has 0 saturated heterocycles. The second-order valence-electron chi connectivity index (χ2n) is 4.99. The Morgan fingerprint density at radius 2 is 1.65 bits per heavy atom. The number of aliphatic hydroxyl groups is 1. The standard InChI is InChI=1S/C8H18O.C7H8O3S/c1-3-4-5-6-7-8(2)9;1-6-2-4-7(5-3-6)11(8,9)10/h8-9H,3-7H2,1-2H3;2-5H,1H3,(H,8,9,10). The average molecular weight is 302 g/mol. The molecule has 20 heavy (non-hydrogen) atoms. The average Bonchev–Trinajstić information content (AvgIpc) is 2.35. The van der Waals surface area contributed by atoms with E-state index in [0.717, 1.165) is 12.0 Å². The third kappa shape index (κ3) is 9.95. The molecular formula is C15H26O4S. The maximum absolute atomic E-state index is 10.5. The fourth-order valence-electron chi connectivity index (χ4n) is 1.58. The number of hydrogen-bond donors (Lipinski definition) is 2. The lowest BCUT2D eigenvalue weighted by Gasteiger charge is -2.01. The Bertz CT molecular complexity index is 449. The molecule has 0 amide bonds. The zero-order valence-corrected chi connectivity index (χ0v) is 13.4. The minimum absolute atomic E-state index is 0.0666. The summed E-state index contributed by atoms with van der Waals surface area (Å²) >= 11 is 0. The Morgan fingerprint density at radius 1 is 1.10 bits per heavy atom. The SMILES string of the molecule is CCCCCCC(C)O.Cc1ccc(S(=O)(=O)O)cc1. The fraction of sp³-hybridized carbons (Fsp3) is 0.600. The van der Waals surface area contributed by atoms with E-state index in [2.05, 4.69) is 6.92 Å². The lowest BCUT2D eigenvalue weighted by molar-refractivity contribution is 0.180. The first-order valence-electron chi connectivity index (χ1n) is 6.99. The summed E-state index contributed by atoms with van der Waals surface area (Å²) in [5.74, 6) is 0. The van der Waals surface area contributed by atoms with E-state index in [1.165, 1.54) is 37.8 Å². The van der Waals surface area contributed by atoms with Crippen LogP contribution in [0.5, 0.6) is 0 Å². The molecule has 0 saturated carbocycles. The highest BCUT2D eigenvalue weighted by atomic mass is 32.2. The molecular weight excluding hydrogens is 276 g/mol. The molecule has 0 aliphatic heterocycles. The van der Waals surface area contributed by atoms with Gasteiger partial charge in [-0.05, 0) is 32.4 Å². The lowest BCUT2D eigenvalue weighted by atomic mass is 10.1. The van der Waals surface area contributed by atoms with E-state index >= 15 is 0 Å². The first-order valence-corrected chi connectivity index (χ1v) is 8.43. The van der Waals surface area contributed by atoms with Crippen LogP contribution in [0.15, 0.2) is 29.2 Å². The van der Waals surface area contributed by atoms with Crippen LogP contribution in [0.4, 0.5) is 0 Å². The van der Waals surface area contributed by atoms with Crippen molar-refractivity contribution >= 4 is 10.1 Å². The molecule has 1 atom stereocenters. The molecule has 0 radical (unpaired) electrons. The number of aryl methyl sites for hydroxylation is 1. The predicted molar refractivity (Wildman–Crippen MR) is 81.4 cm³/mol. The number of unbranched alkanes of at least 4 members (excludes halogenated alkanes) is 3. The van der Waals surface area contributed by atoms with Crippen molar-refractivity contribution in [3.8, 4) is 0 Å². The van der Waals surface area contributed by atoms with E-state index in [4.69, 9.17) is 9.66 Å². The van der Waals surface area contributed by atoms with E-state index in [1.807, 2.05) is 13.8 Å². The molecule has 0 aromatic heterocycles. The smallest absolute Gasteiger partial charge is 0.294 e. The molecule has 116 valence electrons. The van der Waals surface area contributed by atoms with Crippen molar-refractivity contribution in [2.24, 2.45) is 0 Å². The third-order valence-electron chi connectivity index (χ3n) is 2.79. The van der Waals surface area contributed by atoms with E-state index < -0.39 is 10.1 Å². The first kappa shape index (κ1) is 19.1. The second-order valence-corrected chi connectivity index (χ2v) is 6.41. The van der Waals surface area contributed by atoms with Crippen LogP contribution in [0.3, 0.4) is 0 Å². The van der Waals surface area contributed by atoms with E-state index in [1.54, 1.807) is 12.1 Å². The molecule has 0 spiro atoms. The summed E-state index contributed by atoms with van der Waals surface area (Å²) in [5.41, 5.74) is 0.956. The van der Waals surface area contributed by atoms with Crippen molar-refractivity contribution in [1.29, 1.82) is 0 Å². The number of rotatable bonds is 6. The second kappa shape index (κ2) is 9.91. The van der Waals surface area contributed by atoms with Crippen molar-refractivity contribution in [2.45, 2.75) is 63.9 Å². The molecule has 5 heteroatoms. The van der Waals surface area contributed by atoms with Gasteiger partial charge in [-0.2, -0.15) is 8.42 Å². The summed E-state index contributed by atoms with van der Waals surface area (Å²) in [6.07, 6.45) is 5.93. The molecule has 0 bridgehead atoms. The summed E-state index contributed by atoms with van der Waals surface area (Å²) in [6, 6.07) is 5.99. The van der Waals surface area contributed by atoms with Crippen LogP contribution in [0.1, 0.15) is 51.5 Å². The van der Waals surface area contributed by atoms with Crippen LogP contribution < -0.4 is 0 Å². The van der Waals surface area contributed by atoms with Gasteiger partial charge in [0, 0.05) is 0 Å². The van der Waals surface area contributed by atoms with Gasteiger partial charge in [-0.3, -0.25) is 4.55 Å². The van der Waals surface area contributed by atoms with Gasteiger partial charge in [-0.15, -0.1) is 0 Å². The number of benzene rings is 1. The number of aliphatic hydroxyl groups excluding tert-OH is 1. The van der Waals surface area contributed by atoms with Crippen molar-refractivity contribution < 1.29 is 18.1 Å². The third-order valence-corrected chi connectivity index (χ3v) is 3.66. The summed E-state index contributed by atoms with van der Waals surface area (Å²) in [5, 5.41) is 8.85. The maximum Gasteiger partial charge on any atom is 0.294 e. The van der Waals surface area contributed by atoms with Crippen LogP contribution in [0.2, 0.25) is 0 Å². The summed E-state index contributed by atoms with van der Waals surface area (Å²) in [4.78, 5) is -0.0666. The van der Waals surface area contributed by atoms with E-state index in [-0.39, 0.29) is 11.0 Å². The zero-order chi connectivity index (χ0) is 15.6. The first-order chi connectivity index (χ1) is 9.27. The molecule has 0 aliphatic carbocycles. The van der Waals surface area contributed by atoms with Gasteiger partial charge in [0.25, 0.3) is 10.1 Å². The topological polar surface area (TPSA) is 74.6 Å². The summed E-state index contributed by atoms with van der Waals surface area (Å²) in [7, 11) is -4.02. The Balaban J connectivity index is 0.000000370. The molecule has 0 aliphatic rings. The quantitative estimate of drug-likeness (QED) is 0.622. The van der Waals surface area contributed by atoms with Crippen LogP contribution in [-0.4, -0.2) is 24.2 Å². The minimum atomic E-state index is -4.02. The van der Waals surface area contributed by atoms with E-state index in [9.17, 15) is 8.42 Å². The predicted octanol–water partition coefficient (Wildman–Crippen LogP) is 3.58. The zero-order valence-electron chi connectivity index (χ0n) is 12.5. The van der Waals surface area contributed by atoms with Crippen molar-refractivity contribution in [3.05, 3.63) is 29.8 Å². The van der Waals surface area contributed by atoms with Gasteiger partial charge >= 0.3 is 0 Å². The molecule has 1 aromatic rings. The highest BCUT2D eigenvalue weighted by molar-refractivity contribution is 7.85. The number of hydrogen-bond acceptors (Lipinski definition) is 3. The van der Waals surface area contributed by atoms with Gasteiger partial charge in [0.1, 0.15) is 0 Å². The van der Waals surface area contributed by atoms with E-state index in [0.29, 0.717) is 0 Å². The molecule has 1 aromatic carbocycles. The highest BCUT2D eigenvalue weighted by Crippen LogP contribution is 2.08. The Kier molecular flexibility index (Phi) is 9.46. The van der Waals surface area contributed by atoms with Crippen molar-refractivity contribution in [1.82, 2.24) is 0 Å². The summed E-state index contributed by atoms with van der Waals surface area (Å²) in [6.45, 7) is 5.89. The Morgan fingerprint density at radius 3 is 2.05 bits per heavy atom. The molecule has 0 heterocycles. The molecule has 1 rings (SSSR count).